The van der Waals surface area contributed by atoms with Crippen LogP contribution in [0.25, 0.3) is 0 Å². The molecular weight excluding hydrogens is 310 g/mol. The number of alkyl halides is 1. The zero-order valence-electron chi connectivity index (χ0n) is 9.80. The van der Waals surface area contributed by atoms with Gasteiger partial charge in [-0.1, -0.05) is 41.4 Å². The molecule has 100 valence electrons. The molecule has 0 amide bonds. The molecule has 0 aliphatic rings. The molecule has 5 heteroatoms. The van der Waals surface area contributed by atoms with Gasteiger partial charge in [-0.15, -0.1) is 11.6 Å². The van der Waals surface area contributed by atoms with E-state index >= 15 is 0 Å². The Morgan fingerprint density at radius 1 is 1.05 bits per heavy atom. The maximum Gasteiger partial charge on any atom is 0.142 e. The molecular formula is C14H10Cl3FO. The topological polar surface area (TPSA) is 9.23 Å². The Morgan fingerprint density at radius 2 is 1.84 bits per heavy atom. The smallest absolute Gasteiger partial charge is 0.142 e. The molecule has 0 aromatic heterocycles. The number of ether oxygens (including phenoxy) is 1. The van der Waals surface area contributed by atoms with Crippen molar-refractivity contribution in [1.29, 1.82) is 0 Å². The summed E-state index contributed by atoms with van der Waals surface area (Å²) in [5.74, 6) is 0.347. The summed E-state index contributed by atoms with van der Waals surface area (Å²) in [6, 6.07) is 9.73. The Kier molecular flexibility index (Phi) is 4.92. The molecule has 0 atom stereocenters. The van der Waals surface area contributed by atoms with Gasteiger partial charge >= 0.3 is 0 Å². The predicted molar refractivity (Wildman–Crippen MR) is 76.8 cm³/mol. The van der Waals surface area contributed by atoms with Crippen LogP contribution in [0.3, 0.4) is 0 Å². The Balaban J connectivity index is 2.19. The highest BCUT2D eigenvalue weighted by Crippen LogP contribution is 2.30. The van der Waals surface area contributed by atoms with Crippen LogP contribution in [0.1, 0.15) is 11.1 Å². The van der Waals surface area contributed by atoms with Crippen molar-refractivity contribution in [3.8, 4) is 5.75 Å². The molecule has 0 unspecified atom stereocenters. The van der Waals surface area contributed by atoms with Gasteiger partial charge in [0.25, 0.3) is 0 Å². The summed E-state index contributed by atoms with van der Waals surface area (Å²) in [4.78, 5) is 0. The van der Waals surface area contributed by atoms with Crippen molar-refractivity contribution in [2.45, 2.75) is 12.5 Å². The Labute approximate surface area is 125 Å². The van der Waals surface area contributed by atoms with Crippen molar-refractivity contribution in [1.82, 2.24) is 0 Å². The lowest BCUT2D eigenvalue weighted by molar-refractivity contribution is 0.298. The molecule has 0 N–H and O–H groups in total. The lowest BCUT2D eigenvalue weighted by Crippen LogP contribution is -2.01. The third-order valence-electron chi connectivity index (χ3n) is 2.58. The van der Waals surface area contributed by atoms with Crippen molar-refractivity contribution >= 4 is 34.8 Å². The standard InChI is InChI=1S/C14H10Cl3FO/c15-7-9-2-1-3-12(17)14(9)19-8-10-4-5-11(16)6-13(10)18/h1-6H,7-8H2. The Morgan fingerprint density at radius 3 is 2.53 bits per heavy atom. The van der Waals surface area contributed by atoms with Crippen molar-refractivity contribution in [2.24, 2.45) is 0 Å². The Hall–Kier alpha value is -0.960. The van der Waals surface area contributed by atoms with Crippen molar-refractivity contribution in [2.75, 3.05) is 0 Å². The molecule has 1 nitrogen and oxygen atoms in total. The van der Waals surface area contributed by atoms with Crippen molar-refractivity contribution in [3.63, 3.8) is 0 Å². The van der Waals surface area contributed by atoms with Gasteiger partial charge in [-0.25, -0.2) is 4.39 Å². The lowest BCUT2D eigenvalue weighted by Gasteiger charge is -2.12. The number of rotatable bonds is 4. The van der Waals surface area contributed by atoms with Crippen LogP contribution in [0.4, 0.5) is 4.39 Å². The van der Waals surface area contributed by atoms with Crippen LogP contribution in [0.5, 0.6) is 5.75 Å². The van der Waals surface area contributed by atoms with E-state index in [9.17, 15) is 4.39 Å². The van der Waals surface area contributed by atoms with Crippen LogP contribution in [-0.4, -0.2) is 0 Å². The second-order valence-electron chi connectivity index (χ2n) is 3.89. The van der Waals surface area contributed by atoms with E-state index in [1.807, 2.05) is 6.07 Å². The summed E-state index contributed by atoms with van der Waals surface area (Å²) in [6.07, 6.45) is 0. The maximum atomic E-state index is 13.6. The molecule has 2 aromatic rings. The molecule has 0 saturated heterocycles. The number of para-hydroxylation sites is 1. The third-order valence-corrected chi connectivity index (χ3v) is 3.40. The van der Waals surface area contributed by atoms with E-state index in [0.717, 1.165) is 5.56 Å². The van der Waals surface area contributed by atoms with Crippen molar-refractivity contribution < 1.29 is 9.13 Å². The molecule has 0 aliphatic heterocycles. The summed E-state index contributed by atoms with van der Waals surface area (Å²) in [5.41, 5.74) is 1.17. The SMILES string of the molecule is Fc1cc(Cl)ccc1COc1c(Cl)cccc1CCl. The average Bonchev–Trinajstić information content (AvgIpc) is 2.39. The van der Waals surface area contributed by atoms with E-state index in [0.29, 0.717) is 21.4 Å². The lowest BCUT2D eigenvalue weighted by atomic mass is 10.2. The highest BCUT2D eigenvalue weighted by Gasteiger charge is 2.10. The van der Waals surface area contributed by atoms with Gasteiger partial charge in [0.05, 0.1) is 10.9 Å². The zero-order valence-corrected chi connectivity index (χ0v) is 12.1. The third kappa shape index (κ3) is 3.53. The Bertz CT molecular complexity index is 587. The summed E-state index contributed by atoms with van der Waals surface area (Å²) in [7, 11) is 0. The highest BCUT2D eigenvalue weighted by molar-refractivity contribution is 6.32. The average molecular weight is 320 g/mol. The van der Waals surface area contributed by atoms with Gasteiger partial charge in [0.1, 0.15) is 18.2 Å². The summed E-state index contributed by atoms with van der Waals surface area (Å²) in [6.45, 7) is 0.0661. The summed E-state index contributed by atoms with van der Waals surface area (Å²) < 4.78 is 19.2. The fraction of sp³-hybridized carbons (Fsp3) is 0.143. The minimum absolute atomic E-state index is 0.0661. The molecule has 2 rings (SSSR count). The molecule has 2 aromatic carbocycles. The van der Waals surface area contributed by atoms with E-state index < -0.39 is 5.82 Å². The van der Waals surface area contributed by atoms with Gasteiger partial charge in [-0.2, -0.15) is 0 Å². The van der Waals surface area contributed by atoms with Crippen LogP contribution >= 0.6 is 34.8 Å². The van der Waals surface area contributed by atoms with Gasteiger partial charge in [0.2, 0.25) is 0 Å². The van der Waals surface area contributed by atoms with Crippen LogP contribution in [0.15, 0.2) is 36.4 Å². The normalized spacial score (nSPS) is 10.5. The van der Waals surface area contributed by atoms with Crippen LogP contribution < -0.4 is 4.74 Å². The van der Waals surface area contributed by atoms with Gasteiger partial charge in [-0.05, 0) is 18.2 Å². The van der Waals surface area contributed by atoms with Gasteiger partial charge in [-0.3, -0.25) is 0 Å². The number of halogens is 4. The molecule has 0 aliphatic carbocycles. The highest BCUT2D eigenvalue weighted by atomic mass is 35.5. The fourth-order valence-electron chi connectivity index (χ4n) is 1.61. The first-order chi connectivity index (χ1) is 9.11. The second-order valence-corrected chi connectivity index (χ2v) is 5.00. The quantitative estimate of drug-likeness (QED) is 0.681. The minimum Gasteiger partial charge on any atom is -0.487 e. The van der Waals surface area contributed by atoms with Crippen LogP contribution in [0, 0.1) is 5.82 Å². The monoisotopic (exact) mass is 318 g/mol. The molecule has 19 heavy (non-hydrogen) atoms. The van der Waals surface area contributed by atoms with Crippen LogP contribution in [0.2, 0.25) is 10.0 Å². The number of hydrogen-bond acceptors (Lipinski definition) is 1. The minimum atomic E-state index is -0.410. The first-order valence-electron chi connectivity index (χ1n) is 5.52. The maximum absolute atomic E-state index is 13.6. The van der Waals surface area contributed by atoms with Gasteiger partial charge in [0.15, 0.2) is 0 Å². The van der Waals surface area contributed by atoms with E-state index in [2.05, 4.69) is 0 Å². The summed E-state index contributed by atoms with van der Waals surface area (Å²) >= 11 is 17.5. The molecule has 0 fully saturated rings. The van der Waals surface area contributed by atoms with E-state index in [-0.39, 0.29) is 12.5 Å². The molecule has 0 saturated carbocycles. The molecule has 0 spiro atoms. The van der Waals surface area contributed by atoms with Gasteiger partial charge in [0, 0.05) is 16.1 Å². The first-order valence-corrected chi connectivity index (χ1v) is 6.81. The number of benzene rings is 2. The van der Waals surface area contributed by atoms with E-state index in [1.54, 1.807) is 24.3 Å². The van der Waals surface area contributed by atoms with Gasteiger partial charge < -0.3 is 4.74 Å². The van der Waals surface area contributed by atoms with E-state index in [1.165, 1.54) is 6.07 Å². The molecule has 0 heterocycles. The molecule has 0 bridgehead atoms. The summed E-state index contributed by atoms with van der Waals surface area (Å²) in [5, 5.41) is 0.799. The van der Waals surface area contributed by atoms with E-state index in [4.69, 9.17) is 39.5 Å². The number of hydrogen-bond donors (Lipinski definition) is 0. The predicted octanol–water partition coefficient (Wildman–Crippen LogP) is 5.45. The second kappa shape index (κ2) is 6.47. The van der Waals surface area contributed by atoms with Crippen molar-refractivity contribution in [3.05, 3.63) is 63.4 Å². The first kappa shape index (κ1) is 14.4. The molecule has 0 radical (unpaired) electrons. The zero-order chi connectivity index (χ0) is 13.8. The largest absolute Gasteiger partial charge is 0.487 e. The van der Waals surface area contributed by atoms with Crippen LogP contribution in [-0.2, 0) is 12.5 Å². The fourth-order valence-corrected chi connectivity index (χ4v) is 2.23.